The maximum atomic E-state index is 14.3. The number of nitrogens with zero attached hydrogens (tertiary/aromatic N) is 6. The molecule has 60 heavy (non-hydrogen) atoms. The van der Waals surface area contributed by atoms with Crippen LogP contribution in [0.25, 0.3) is 0 Å². The second kappa shape index (κ2) is 17.7. The summed E-state index contributed by atoms with van der Waals surface area (Å²) in [6.07, 6.45) is 5.39. The van der Waals surface area contributed by atoms with Crippen molar-refractivity contribution in [1.82, 2.24) is 30.4 Å². The molecule has 5 aromatic rings. The van der Waals surface area contributed by atoms with E-state index in [1.54, 1.807) is 42.5 Å². The van der Waals surface area contributed by atoms with Gasteiger partial charge in [0.05, 0.1) is 43.7 Å². The van der Waals surface area contributed by atoms with E-state index in [-0.39, 0.29) is 64.3 Å². The van der Waals surface area contributed by atoms with E-state index in [4.69, 9.17) is 22.1 Å². The summed E-state index contributed by atoms with van der Waals surface area (Å²) in [5.41, 5.74) is 8.56. The van der Waals surface area contributed by atoms with Crippen molar-refractivity contribution in [2.75, 3.05) is 27.7 Å². The number of nitrogens with one attached hydrogen (secondary N) is 4. The first-order chi connectivity index (χ1) is 28.4. The number of aromatic nitrogens is 4. The second-order valence-electron chi connectivity index (χ2n) is 15.0. The van der Waals surface area contributed by atoms with Crippen LogP contribution in [0, 0.1) is 28.0 Å². The van der Waals surface area contributed by atoms with Gasteiger partial charge in [0.15, 0.2) is 0 Å². The quantitative estimate of drug-likeness (QED) is 0.0500. The molecule has 312 valence electrons. The maximum Gasteiger partial charge on any atom is 0.271 e. The second-order valence-corrected chi connectivity index (χ2v) is 18.1. The van der Waals surface area contributed by atoms with Gasteiger partial charge in [0.1, 0.15) is 35.9 Å². The van der Waals surface area contributed by atoms with Gasteiger partial charge in [-0.15, -0.1) is 0 Å². The Morgan fingerprint density at radius 2 is 1.70 bits per heavy atom. The Morgan fingerprint density at radius 1 is 1.02 bits per heavy atom. The third kappa shape index (κ3) is 9.57. The molecule has 0 aliphatic heterocycles. The molecule has 6 rings (SSSR count). The van der Waals surface area contributed by atoms with E-state index >= 15 is 0 Å². The number of hydrogen-bond acceptors (Lipinski definition) is 13. The zero-order valence-electron chi connectivity index (χ0n) is 32.7. The molecule has 0 radical (unpaired) electrons. The lowest BCUT2D eigenvalue weighted by Gasteiger charge is -2.65. The van der Waals surface area contributed by atoms with Crippen LogP contribution in [0.2, 0.25) is 5.02 Å². The molecule has 20 heteroatoms. The van der Waals surface area contributed by atoms with Gasteiger partial charge in [0, 0.05) is 53.4 Å². The third-order valence-electron chi connectivity index (χ3n) is 9.90. The van der Waals surface area contributed by atoms with Crippen molar-refractivity contribution in [3.05, 3.63) is 118 Å². The van der Waals surface area contributed by atoms with Crippen LogP contribution in [0.15, 0.2) is 90.1 Å². The van der Waals surface area contributed by atoms with Gasteiger partial charge < -0.3 is 21.1 Å². The minimum Gasteiger partial charge on any atom is -0.489 e. The van der Waals surface area contributed by atoms with Crippen molar-refractivity contribution >= 4 is 78.2 Å². The first kappa shape index (κ1) is 43.6. The van der Waals surface area contributed by atoms with Crippen molar-refractivity contribution in [3.63, 3.8) is 0 Å². The largest absolute Gasteiger partial charge is 0.489 e. The lowest BCUT2D eigenvalue weighted by Crippen LogP contribution is -2.77. The molecule has 0 saturated heterocycles. The van der Waals surface area contributed by atoms with Gasteiger partial charge in [-0.3, -0.25) is 19.3 Å². The number of halogens is 3. The minimum atomic E-state index is -3.82. The molecule has 2 aromatic heterocycles. The fourth-order valence-corrected chi connectivity index (χ4v) is 9.29. The number of amides is 2. The molecular weight excluding hydrogens is 881 g/mol. The average molecular weight is 921 g/mol. The molecule has 6 N–H and O–H groups in total. The van der Waals surface area contributed by atoms with E-state index in [0.717, 1.165) is 6.07 Å². The van der Waals surface area contributed by atoms with E-state index < -0.39 is 38.6 Å². The van der Waals surface area contributed by atoms with Crippen molar-refractivity contribution in [2.24, 2.45) is 16.6 Å². The summed E-state index contributed by atoms with van der Waals surface area (Å²) in [5.74, 6) is -1.51. The summed E-state index contributed by atoms with van der Waals surface area (Å²) in [4.78, 5) is 42.5. The van der Waals surface area contributed by atoms with Crippen molar-refractivity contribution < 1.29 is 27.1 Å². The van der Waals surface area contributed by atoms with E-state index in [1.807, 2.05) is 33.8 Å². The van der Waals surface area contributed by atoms with Crippen LogP contribution in [0.4, 0.5) is 33.2 Å². The number of nitriles is 1. The van der Waals surface area contributed by atoms with Crippen molar-refractivity contribution in [2.45, 2.75) is 46.3 Å². The van der Waals surface area contributed by atoms with Gasteiger partial charge in [-0.1, -0.05) is 45.4 Å². The summed E-state index contributed by atoms with van der Waals surface area (Å²) in [5, 5.41) is 17.0. The lowest BCUT2D eigenvalue weighted by atomic mass is 9.49. The fourth-order valence-electron chi connectivity index (χ4n) is 7.67. The molecule has 0 bridgehead atoms. The predicted molar refractivity (Wildman–Crippen MR) is 228 cm³/mol. The van der Waals surface area contributed by atoms with Crippen LogP contribution in [0.3, 0.4) is 0 Å². The van der Waals surface area contributed by atoms with Gasteiger partial charge >= 0.3 is 0 Å². The van der Waals surface area contributed by atoms with Gasteiger partial charge in [-0.05, 0) is 70.9 Å². The highest BCUT2D eigenvalue weighted by Crippen LogP contribution is 2.58. The smallest absolute Gasteiger partial charge is 0.271 e. The molecule has 0 spiro atoms. The molecular formula is C40H40BrClFN11O5S. The summed E-state index contributed by atoms with van der Waals surface area (Å²) in [7, 11) is -3.82. The number of hydrazine groups is 1. The predicted octanol–water partition coefficient (Wildman–Crippen LogP) is 6.94. The SMILES string of the molecule is CC1(C)C(Oc2ccc(C#N)c(Cl)c2)C(C)(C)C1N(NCCCS(=O)(=O)Nc1ccc(Nc2ncc(Br)c(Nc3cccc(F)c3C(N)=O)n2)cc1)C(=O)c1cncnc1. The minimum absolute atomic E-state index is 0.117. The molecule has 3 aromatic carbocycles. The van der Waals surface area contributed by atoms with E-state index in [2.05, 4.69) is 56.6 Å². The first-order valence-electron chi connectivity index (χ1n) is 18.3. The van der Waals surface area contributed by atoms with Crippen LogP contribution in [0.1, 0.15) is 60.4 Å². The monoisotopic (exact) mass is 919 g/mol. The summed E-state index contributed by atoms with van der Waals surface area (Å²) < 4.78 is 50.1. The number of ether oxygens (including phenoxy) is 1. The normalized spacial score (nSPS) is 16.4. The lowest BCUT2D eigenvalue weighted by molar-refractivity contribution is -0.207. The number of benzene rings is 3. The molecule has 0 atom stereocenters. The standard InChI is InChI=1S/C40H40BrClFN11O5S/c1-39(2)36(40(3,4)37(39)59-27-14-9-23(18-44)29(42)17-27)54(35(56)24-19-46-22-47-20-24)49-15-6-16-60(57,58)53-26-12-10-25(11-13-26)50-38-48-21-28(41)34(52-38)51-31-8-5-7-30(43)32(31)33(45)55/h5,7-14,17,19-22,36-37,49,53H,6,15-16H2,1-4H3,(H2,45,55)(H2,48,50,51,52). The Hall–Kier alpha value is -5.94. The summed E-state index contributed by atoms with van der Waals surface area (Å²) in [6.45, 7) is 8.06. The van der Waals surface area contributed by atoms with E-state index in [9.17, 15) is 27.7 Å². The molecule has 16 nitrogen and oxygen atoms in total. The highest BCUT2D eigenvalue weighted by Gasteiger charge is 2.66. The van der Waals surface area contributed by atoms with Crippen molar-refractivity contribution in [3.8, 4) is 11.8 Å². The zero-order chi connectivity index (χ0) is 43.4. The maximum absolute atomic E-state index is 14.3. The van der Waals surface area contributed by atoms with Gasteiger partial charge in [-0.2, -0.15) is 10.2 Å². The first-order valence-corrected chi connectivity index (χ1v) is 21.2. The number of rotatable bonds is 16. The van der Waals surface area contributed by atoms with Crippen LogP contribution >= 0.6 is 27.5 Å². The Labute approximate surface area is 359 Å². The number of anilines is 5. The summed E-state index contributed by atoms with van der Waals surface area (Å²) in [6, 6.07) is 16.9. The molecule has 2 amide bonds. The molecule has 1 aliphatic carbocycles. The van der Waals surface area contributed by atoms with E-state index in [1.165, 1.54) is 42.1 Å². The third-order valence-corrected chi connectivity index (χ3v) is 12.2. The Kier molecular flexibility index (Phi) is 12.9. The van der Waals surface area contributed by atoms with Crippen molar-refractivity contribution in [1.29, 1.82) is 5.26 Å². The molecule has 0 unspecified atom stereocenters. The Bertz CT molecular complexity index is 2550. The topological polar surface area (TPSA) is 230 Å². The molecule has 2 heterocycles. The number of carbonyl (C=O) groups is 2. The number of sulfonamides is 1. The van der Waals surface area contributed by atoms with Crippen LogP contribution in [0.5, 0.6) is 5.75 Å². The molecule has 1 fully saturated rings. The summed E-state index contributed by atoms with van der Waals surface area (Å²) >= 11 is 9.62. The number of primary amides is 1. The average Bonchev–Trinajstić information content (AvgIpc) is 3.19. The van der Waals surface area contributed by atoms with Gasteiger partial charge in [-0.25, -0.2) is 33.2 Å². The van der Waals surface area contributed by atoms with E-state index in [0.29, 0.717) is 27.2 Å². The van der Waals surface area contributed by atoms with Crippen LogP contribution in [-0.2, 0) is 10.0 Å². The Balaban J connectivity index is 1.08. The highest BCUT2D eigenvalue weighted by molar-refractivity contribution is 9.10. The van der Waals surface area contributed by atoms with Crippen LogP contribution < -0.4 is 31.3 Å². The number of carbonyl (C=O) groups excluding carboxylic acids is 2. The fraction of sp³-hybridized carbons (Fsp3) is 0.275. The molecule has 1 saturated carbocycles. The number of nitrogens with two attached hydrogens (primary N) is 1. The van der Waals surface area contributed by atoms with Crippen LogP contribution in [-0.4, -0.2) is 69.6 Å². The highest BCUT2D eigenvalue weighted by atomic mass is 79.9. The number of hydrogen-bond donors (Lipinski definition) is 5. The Morgan fingerprint density at radius 3 is 2.35 bits per heavy atom. The van der Waals surface area contributed by atoms with Gasteiger partial charge in [0.2, 0.25) is 16.0 Å². The van der Waals surface area contributed by atoms with Gasteiger partial charge in [0.25, 0.3) is 11.8 Å². The molecule has 1 aliphatic rings. The zero-order valence-corrected chi connectivity index (χ0v) is 35.9.